The summed E-state index contributed by atoms with van der Waals surface area (Å²) >= 11 is 10.4. The van der Waals surface area contributed by atoms with Gasteiger partial charge in [0.15, 0.2) is 0 Å². The Balaban J connectivity index is 3.41. The second-order valence-corrected chi connectivity index (χ2v) is 11.7. The van der Waals surface area contributed by atoms with Gasteiger partial charge in [-0.05, 0) is 66.9 Å². The van der Waals surface area contributed by atoms with Crippen LogP contribution in [0.2, 0.25) is 0 Å². The third kappa shape index (κ3) is 8.55. The molecular formula is C21H36S5. The normalized spacial score (nSPS) is 11.3. The third-order valence-corrected chi connectivity index (χ3v) is 10.4. The fourth-order valence-corrected chi connectivity index (χ4v) is 8.21. The minimum Gasteiger partial charge on any atom is -0.125 e. The lowest BCUT2D eigenvalue weighted by atomic mass is 10.3. The molecule has 1 rings (SSSR count). The molecule has 0 atom stereocenters. The molecular weight excluding hydrogens is 413 g/mol. The first kappa shape index (κ1) is 25.0. The molecule has 1 aromatic carbocycles. The van der Waals surface area contributed by atoms with Crippen LogP contribution < -0.4 is 0 Å². The Morgan fingerprint density at radius 3 is 1.12 bits per heavy atom. The Bertz CT molecular complexity index is 463. The summed E-state index contributed by atoms with van der Waals surface area (Å²) in [6, 6.07) is 2.52. The Hall–Kier alpha value is 0.970. The van der Waals surface area contributed by atoms with Crippen molar-refractivity contribution < 1.29 is 0 Å². The maximum absolute atomic E-state index is 2.52. The molecule has 0 fully saturated rings. The van der Waals surface area contributed by atoms with Crippen LogP contribution in [0.5, 0.6) is 0 Å². The highest BCUT2D eigenvalue weighted by atomic mass is 32.2. The lowest BCUT2D eigenvalue weighted by Crippen LogP contribution is -1.95. The molecule has 0 spiro atoms. The van der Waals surface area contributed by atoms with Crippen molar-refractivity contribution in [3.8, 4) is 0 Å². The monoisotopic (exact) mass is 448 g/mol. The number of benzene rings is 1. The average molecular weight is 449 g/mol. The number of hydrogen-bond donors (Lipinski definition) is 0. The Morgan fingerprint density at radius 2 is 0.769 bits per heavy atom. The summed E-state index contributed by atoms with van der Waals surface area (Å²) in [4.78, 5) is 7.79. The molecule has 150 valence electrons. The van der Waals surface area contributed by atoms with Crippen LogP contribution >= 0.6 is 58.8 Å². The van der Waals surface area contributed by atoms with Crippen LogP contribution in [0.25, 0.3) is 0 Å². The average Bonchev–Trinajstić information content (AvgIpc) is 2.66. The van der Waals surface area contributed by atoms with Gasteiger partial charge in [-0.1, -0.05) is 34.6 Å². The molecule has 0 amide bonds. The van der Waals surface area contributed by atoms with E-state index in [1.54, 1.807) is 14.7 Å². The highest BCUT2D eigenvalue weighted by molar-refractivity contribution is 8.05. The van der Waals surface area contributed by atoms with Gasteiger partial charge >= 0.3 is 0 Å². The molecule has 26 heavy (non-hydrogen) atoms. The predicted octanol–water partition coefficient (Wildman–Crippen LogP) is 9.20. The van der Waals surface area contributed by atoms with Crippen molar-refractivity contribution >= 4 is 58.8 Å². The van der Waals surface area contributed by atoms with Crippen LogP contribution in [-0.2, 0) is 0 Å². The fourth-order valence-electron chi connectivity index (χ4n) is 2.23. The van der Waals surface area contributed by atoms with E-state index >= 15 is 0 Å². The van der Waals surface area contributed by atoms with E-state index in [-0.39, 0.29) is 0 Å². The molecule has 0 aromatic heterocycles. The Kier molecular flexibility index (Phi) is 15.2. The van der Waals surface area contributed by atoms with Crippen LogP contribution in [0.4, 0.5) is 0 Å². The topological polar surface area (TPSA) is 0 Å². The van der Waals surface area contributed by atoms with Crippen LogP contribution in [0.3, 0.4) is 0 Å². The first-order chi connectivity index (χ1) is 12.7. The summed E-state index contributed by atoms with van der Waals surface area (Å²) in [6.45, 7) is 11.5. The first-order valence-electron chi connectivity index (χ1n) is 10.1. The molecule has 0 radical (unpaired) electrons. The standard InChI is InChI=1S/C21H36S5/c1-6-11-22-17-16-18(23-12-7-2)20(25-14-9-4)21(26-15-10-5)19(17)24-13-8-3/h16H,6-15H2,1-5H3. The summed E-state index contributed by atoms with van der Waals surface area (Å²) in [5.74, 6) is 6.10. The van der Waals surface area contributed by atoms with Crippen molar-refractivity contribution in [2.24, 2.45) is 0 Å². The van der Waals surface area contributed by atoms with Gasteiger partial charge in [0.2, 0.25) is 0 Å². The van der Waals surface area contributed by atoms with E-state index in [2.05, 4.69) is 99.5 Å². The Labute approximate surface area is 184 Å². The molecule has 0 N–H and O–H groups in total. The second-order valence-electron chi connectivity index (χ2n) is 6.10. The van der Waals surface area contributed by atoms with Crippen LogP contribution in [0, 0.1) is 0 Å². The van der Waals surface area contributed by atoms with Crippen molar-refractivity contribution in [2.45, 2.75) is 91.2 Å². The minimum atomic E-state index is 1.22. The van der Waals surface area contributed by atoms with Gasteiger partial charge in [-0.3, -0.25) is 0 Å². The molecule has 0 saturated carbocycles. The molecule has 0 heterocycles. The van der Waals surface area contributed by atoms with Gasteiger partial charge in [0.25, 0.3) is 0 Å². The lowest BCUT2D eigenvalue weighted by molar-refractivity contribution is 0.944. The third-order valence-electron chi connectivity index (χ3n) is 3.40. The molecule has 5 heteroatoms. The summed E-state index contributed by atoms with van der Waals surface area (Å²) in [5, 5.41) is 0. The van der Waals surface area contributed by atoms with E-state index in [0.29, 0.717) is 0 Å². The number of hydrogen-bond acceptors (Lipinski definition) is 5. The quantitative estimate of drug-likeness (QED) is 0.244. The van der Waals surface area contributed by atoms with Gasteiger partial charge < -0.3 is 0 Å². The molecule has 0 aliphatic rings. The van der Waals surface area contributed by atoms with Gasteiger partial charge in [-0.25, -0.2) is 0 Å². The summed E-state index contributed by atoms with van der Waals surface area (Å²) in [7, 11) is 0. The summed E-state index contributed by atoms with van der Waals surface area (Å²) in [6.07, 6.45) is 6.20. The van der Waals surface area contributed by atoms with Crippen LogP contribution in [0.1, 0.15) is 66.7 Å². The van der Waals surface area contributed by atoms with Crippen LogP contribution in [0.15, 0.2) is 30.5 Å². The minimum absolute atomic E-state index is 1.22. The van der Waals surface area contributed by atoms with E-state index < -0.39 is 0 Å². The van der Waals surface area contributed by atoms with E-state index in [1.165, 1.54) is 70.7 Å². The van der Waals surface area contributed by atoms with Gasteiger partial charge in [0.05, 0.1) is 0 Å². The van der Waals surface area contributed by atoms with Gasteiger partial charge in [-0.15, -0.1) is 58.8 Å². The fraction of sp³-hybridized carbons (Fsp3) is 0.714. The smallest absolute Gasteiger partial charge is 0.0367 e. The van der Waals surface area contributed by atoms with Gasteiger partial charge in [-0.2, -0.15) is 0 Å². The molecule has 0 saturated heterocycles. The number of rotatable bonds is 15. The maximum atomic E-state index is 2.52. The SMILES string of the molecule is CCCSc1cc(SCCC)c(SCCC)c(SCCC)c1SCCC. The molecule has 1 aromatic rings. The van der Waals surface area contributed by atoms with Crippen molar-refractivity contribution in [3.63, 3.8) is 0 Å². The molecule has 0 aliphatic carbocycles. The number of thioether (sulfide) groups is 5. The zero-order valence-corrected chi connectivity index (χ0v) is 21.3. The Morgan fingerprint density at radius 1 is 0.462 bits per heavy atom. The maximum Gasteiger partial charge on any atom is 0.0367 e. The molecule has 0 aliphatic heterocycles. The van der Waals surface area contributed by atoms with Gasteiger partial charge in [0, 0.05) is 24.5 Å². The lowest BCUT2D eigenvalue weighted by Gasteiger charge is -2.21. The zero-order valence-electron chi connectivity index (χ0n) is 17.2. The van der Waals surface area contributed by atoms with Crippen molar-refractivity contribution in [1.82, 2.24) is 0 Å². The molecule has 0 nitrogen and oxygen atoms in total. The van der Waals surface area contributed by atoms with Crippen LogP contribution in [-0.4, -0.2) is 28.8 Å². The second kappa shape index (κ2) is 15.8. The first-order valence-corrected chi connectivity index (χ1v) is 15.0. The van der Waals surface area contributed by atoms with E-state index in [4.69, 9.17) is 0 Å². The highest BCUT2D eigenvalue weighted by Crippen LogP contribution is 2.49. The highest BCUT2D eigenvalue weighted by Gasteiger charge is 2.19. The van der Waals surface area contributed by atoms with Crippen molar-refractivity contribution in [3.05, 3.63) is 6.07 Å². The summed E-state index contributed by atoms with van der Waals surface area (Å²) in [5.41, 5.74) is 0. The molecule has 0 unspecified atom stereocenters. The summed E-state index contributed by atoms with van der Waals surface area (Å²) < 4.78 is 0. The van der Waals surface area contributed by atoms with E-state index in [9.17, 15) is 0 Å². The van der Waals surface area contributed by atoms with E-state index in [1.807, 2.05) is 0 Å². The van der Waals surface area contributed by atoms with Gasteiger partial charge in [0.1, 0.15) is 0 Å². The van der Waals surface area contributed by atoms with Crippen molar-refractivity contribution in [1.29, 1.82) is 0 Å². The van der Waals surface area contributed by atoms with E-state index in [0.717, 1.165) is 0 Å². The molecule has 0 bridgehead atoms. The largest absolute Gasteiger partial charge is 0.125 e. The van der Waals surface area contributed by atoms with Crippen molar-refractivity contribution in [2.75, 3.05) is 28.8 Å². The predicted molar refractivity (Wildman–Crippen MR) is 132 cm³/mol. The zero-order chi connectivity index (χ0) is 19.2.